The van der Waals surface area contributed by atoms with Gasteiger partial charge in [0.15, 0.2) is 17.2 Å². The molecule has 12 heteroatoms. The minimum atomic E-state index is -4.68. The summed E-state index contributed by atoms with van der Waals surface area (Å²) in [6.07, 6.45) is -3.36. The van der Waals surface area contributed by atoms with Crippen molar-refractivity contribution in [2.24, 2.45) is 0 Å². The van der Waals surface area contributed by atoms with Crippen LogP contribution in [0.5, 0.6) is 23.1 Å². The van der Waals surface area contributed by atoms with Gasteiger partial charge in [0.05, 0.1) is 36.0 Å². The molecule has 206 valence electrons. The molecule has 0 aliphatic carbocycles. The summed E-state index contributed by atoms with van der Waals surface area (Å²) < 4.78 is 77.5. The van der Waals surface area contributed by atoms with Crippen molar-refractivity contribution in [3.8, 4) is 40.1 Å². The summed E-state index contributed by atoms with van der Waals surface area (Å²) in [6, 6.07) is 15.7. The molecular weight excluding hydrogens is 532 g/mol. The Balaban J connectivity index is 1.52. The highest BCUT2D eigenvalue weighted by molar-refractivity contribution is 5.87. The highest BCUT2D eigenvalue weighted by Crippen LogP contribution is 2.38. The fourth-order valence-electron chi connectivity index (χ4n) is 3.96. The smallest absolute Gasteiger partial charge is 0.435 e. The van der Waals surface area contributed by atoms with Crippen molar-refractivity contribution in [3.05, 3.63) is 84.6 Å². The summed E-state index contributed by atoms with van der Waals surface area (Å²) >= 11 is 0. The number of hydrogen-bond acceptors (Lipinski definition) is 7. The van der Waals surface area contributed by atoms with Gasteiger partial charge in [0.25, 0.3) is 0 Å². The minimum Gasteiger partial charge on any atom is -0.493 e. The van der Waals surface area contributed by atoms with E-state index in [9.17, 15) is 17.6 Å². The van der Waals surface area contributed by atoms with E-state index in [1.54, 1.807) is 43.5 Å². The first-order valence-corrected chi connectivity index (χ1v) is 11.9. The lowest BCUT2D eigenvalue weighted by atomic mass is 10.1. The van der Waals surface area contributed by atoms with Crippen LogP contribution in [0.4, 0.5) is 17.6 Å². The summed E-state index contributed by atoms with van der Waals surface area (Å²) in [4.78, 5) is 8.53. The molecule has 2 heterocycles. The van der Waals surface area contributed by atoms with E-state index in [1.165, 1.54) is 25.6 Å². The Labute approximate surface area is 225 Å². The number of nitrogens with zero attached hydrogens (tertiary/aromatic N) is 4. The third-order valence-electron chi connectivity index (χ3n) is 5.84. The minimum absolute atomic E-state index is 0.136. The molecule has 0 saturated heterocycles. The average Bonchev–Trinajstić information content (AvgIpc) is 3.40. The van der Waals surface area contributed by atoms with Crippen molar-refractivity contribution in [2.45, 2.75) is 6.18 Å². The third kappa shape index (κ3) is 5.66. The van der Waals surface area contributed by atoms with Crippen LogP contribution < -0.4 is 14.2 Å². The normalized spacial score (nSPS) is 11.6. The Morgan fingerprint density at radius 3 is 2.40 bits per heavy atom. The molecule has 0 radical (unpaired) electrons. The number of benzene rings is 3. The van der Waals surface area contributed by atoms with Gasteiger partial charge in [-0.15, -0.1) is 0 Å². The number of alkyl halides is 3. The quantitative estimate of drug-likeness (QED) is 0.153. The van der Waals surface area contributed by atoms with Crippen molar-refractivity contribution in [1.29, 1.82) is 0 Å². The number of hydrogen-bond donors (Lipinski definition) is 0. The number of halogens is 4. The van der Waals surface area contributed by atoms with Gasteiger partial charge in [-0.2, -0.15) is 18.3 Å². The van der Waals surface area contributed by atoms with E-state index >= 15 is 0 Å². The fourth-order valence-corrected chi connectivity index (χ4v) is 3.96. The molecule has 0 saturated carbocycles. The first-order valence-electron chi connectivity index (χ1n) is 11.9. The zero-order valence-electron chi connectivity index (χ0n) is 21.3. The molecule has 0 N–H and O–H groups in total. The Bertz CT molecular complexity index is 1640. The summed E-state index contributed by atoms with van der Waals surface area (Å²) in [6.45, 7) is 0.699. The van der Waals surface area contributed by atoms with E-state index in [0.29, 0.717) is 46.9 Å². The molecule has 0 atom stereocenters. The second-order valence-electron chi connectivity index (χ2n) is 8.47. The standard InChI is InChI=1S/C28H22F4N4O4/c1-37-10-11-39-25-14-22-21(13-24(25)38-2)27(34-16-33-22)40-20-5-3-4-17(12-20)23-15-26(28(30,31)32)35-36(23)19-8-6-18(29)7-9-19/h3-9,12-16H,10-11H2,1-2H3. The maximum atomic E-state index is 13.6. The molecule has 0 fully saturated rings. The molecule has 8 nitrogen and oxygen atoms in total. The maximum absolute atomic E-state index is 13.6. The molecule has 5 rings (SSSR count). The van der Waals surface area contributed by atoms with Gasteiger partial charge in [-0.3, -0.25) is 0 Å². The van der Waals surface area contributed by atoms with Crippen molar-refractivity contribution in [3.63, 3.8) is 0 Å². The van der Waals surface area contributed by atoms with Crippen molar-refractivity contribution in [2.75, 3.05) is 27.4 Å². The van der Waals surface area contributed by atoms with Gasteiger partial charge in [0, 0.05) is 18.7 Å². The van der Waals surface area contributed by atoms with Crippen LogP contribution in [0.15, 0.2) is 73.1 Å². The van der Waals surface area contributed by atoms with E-state index in [0.717, 1.165) is 22.9 Å². The monoisotopic (exact) mass is 554 g/mol. The highest BCUT2D eigenvalue weighted by Gasteiger charge is 2.35. The number of ether oxygens (including phenoxy) is 4. The molecule has 3 aromatic carbocycles. The summed E-state index contributed by atoms with van der Waals surface area (Å²) in [5.41, 5.74) is 0.218. The van der Waals surface area contributed by atoms with Crippen molar-refractivity contribution < 1.29 is 36.5 Å². The second kappa shape index (κ2) is 11.2. The van der Waals surface area contributed by atoms with Gasteiger partial charge in [-0.25, -0.2) is 19.0 Å². The van der Waals surface area contributed by atoms with E-state index < -0.39 is 17.7 Å². The summed E-state index contributed by atoms with van der Waals surface area (Å²) in [7, 11) is 3.07. The number of rotatable bonds is 9. The Morgan fingerprint density at radius 2 is 1.68 bits per heavy atom. The molecule has 0 unspecified atom stereocenters. The van der Waals surface area contributed by atoms with Crippen LogP contribution in [-0.2, 0) is 10.9 Å². The molecule has 0 amide bonds. The molecule has 2 aromatic heterocycles. The lowest BCUT2D eigenvalue weighted by Gasteiger charge is -2.13. The van der Waals surface area contributed by atoms with Crippen molar-refractivity contribution >= 4 is 10.9 Å². The van der Waals surface area contributed by atoms with E-state index in [2.05, 4.69) is 15.1 Å². The topological polar surface area (TPSA) is 80.5 Å². The second-order valence-corrected chi connectivity index (χ2v) is 8.47. The molecule has 40 heavy (non-hydrogen) atoms. The SMILES string of the molecule is COCCOc1cc2ncnc(Oc3cccc(-c4cc(C(F)(F)F)nn4-c4ccc(F)cc4)c3)c2cc1OC. The third-order valence-corrected chi connectivity index (χ3v) is 5.84. The van der Waals surface area contributed by atoms with E-state index in [1.807, 2.05) is 0 Å². The molecule has 0 aliphatic rings. The predicted molar refractivity (Wildman–Crippen MR) is 137 cm³/mol. The molecule has 0 aliphatic heterocycles. The predicted octanol–water partition coefficient (Wildman–Crippen LogP) is 6.47. The van der Waals surface area contributed by atoms with Crippen molar-refractivity contribution in [1.82, 2.24) is 19.7 Å². The number of fused-ring (bicyclic) bond motifs is 1. The van der Waals surface area contributed by atoms with Crippen LogP contribution in [-0.4, -0.2) is 47.2 Å². The van der Waals surface area contributed by atoms with Gasteiger partial charge in [0.2, 0.25) is 5.88 Å². The van der Waals surface area contributed by atoms with Crippen LogP contribution in [0.25, 0.3) is 27.8 Å². The molecule has 0 bridgehead atoms. The molecule has 0 spiro atoms. The Kier molecular flexibility index (Phi) is 7.52. The highest BCUT2D eigenvalue weighted by atomic mass is 19.4. The van der Waals surface area contributed by atoms with E-state index in [-0.39, 0.29) is 17.3 Å². The van der Waals surface area contributed by atoms with Crippen LogP contribution >= 0.6 is 0 Å². The Hall–Kier alpha value is -4.71. The van der Waals surface area contributed by atoms with Crippen LogP contribution in [0.3, 0.4) is 0 Å². The maximum Gasteiger partial charge on any atom is 0.435 e. The first kappa shape index (κ1) is 26.9. The average molecular weight is 555 g/mol. The van der Waals surface area contributed by atoms with Gasteiger partial charge in [-0.1, -0.05) is 12.1 Å². The lowest BCUT2D eigenvalue weighted by Crippen LogP contribution is -2.07. The lowest BCUT2D eigenvalue weighted by molar-refractivity contribution is -0.141. The summed E-state index contributed by atoms with van der Waals surface area (Å²) in [5.74, 6) is 0.878. The fraction of sp³-hybridized carbons (Fsp3) is 0.179. The van der Waals surface area contributed by atoms with Crippen LogP contribution in [0.1, 0.15) is 5.69 Å². The van der Waals surface area contributed by atoms with Gasteiger partial charge < -0.3 is 18.9 Å². The van der Waals surface area contributed by atoms with Gasteiger partial charge >= 0.3 is 6.18 Å². The van der Waals surface area contributed by atoms with Gasteiger partial charge in [0.1, 0.15) is 24.5 Å². The van der Waals surface area contributed by atoms with Gasteiger partial charge in [-0.05, 0) is 48.5 Å². The first-order chi connectivity index (χ1) is 19.3. The van der Waals surface area contributed by atoms with Crippen LogP contribution in [0, 0.1) is 5.82 Å². The molecular formula is C28H22F4N4O4. The number of methoxy groups -OCH3 is 2. The van der Waals surface area contributed by atoms with E-state index in [4.69, 9.17) is 18.9 Å². The summed E-state index contributed by atoms with van der Waals surface area (Å²) in [5, 5.41) is 4.27. The van der Waals surface area contributed by atoms with Crippen LogP contribution in [0.2, 0.25) is 0 Å². The zero-order chi connectivity index (χ0) is 28.3. The Morgan fingerprint density at radius 1 is 0.875 bits per heavy atom. The number of aromatic nitrogens is 4. The zero-order valence-corrected chi connectivity index (χ0v) is 21.3. The largest absolute Gasteiger partial charge is 0.493 e. The molecule has 5 aromatic rings.